The number of hydrogen-bond acceptors (Lipinski definition) is 5. The number of rotatable bonds is 9. The molecule has 5 nitrogen and oxygen atoms in total. The molecule has 0 aliphatic carbocycles. The Morgan fingerprint density at radius 2 is 2.14 bits per heavy atom. The largest absolute Gasteiger partial charge is 0.491 e. The summed E-state index contributed by atoms with van der Waals surface area (Å²) in [5.41, 5.74) is 0. The van der Waals surface area contributed by atoms with E-state index in [2.05, 4.69) is 22.2 Å². The lowest BCUT2D eigenvalue weighted by Gasteiger charge is -2.20. The van der Waals surface area contributed by atoms with Crippen molar-refractivity contribution in [2.45, 2.75) is 45.6 Å². The lowest BCUT2D eigenvalue weighted by molar-refractivity contribution is 0.411. The van der Waals surface area contributed by atoms with Gasteiger partial charge in [0.2, 0.25) is 0 Å². The minimum Gasteiger partial charge on any atom is -0.491 e. The number of anilines is 1. The van der Waals surface area contributed by atoms with E-state index in [-0.39, 0.29) is 19.5 Å². The summed E-state index contributed by atoms with van der Waals surface area (Å²) in [5, 5.41) is 3.42. The number of hydrogen-bond donors (Lipinski definition) is 1. The smallest absolute Gasteiger partial charge is 0.179 e. The van der Waals surface area contributed by atoms with E-state index in [1.54, 1.807) is 19.6 Å². The summed E-state index contributed by atoms with van der Waals surface area (Å²) < 4.78 is 16.6. The molecule has 21 heavy (non-hydrogen) atoms. The zero-order valence-electron chi connectivity index (χ0n) is 13.3. The average molecular weight is 334 g/mol. The minimum absolute atomic E-state index is 0. The fourth-order valence-electron chi connectivity index (χ4n) is 1.95. The van der Waals surface area contributed by atoms with Crippen molar-refractivity contribution in [3.05, 3.63) is 12.0 Å². The standard InChI is InChI=1S/C14H25N3O2S.H2S/c1-5-6-7-12(8-9-20(4)18)17-14-13(19-3)10-15-11(2)16-14;/h10,12H,5-9H2,1-4H3,(H,15,16,17);1H2/t12-,20?;/m0./s1. The van der Waals surface area contributed by atoms with E-state index in [1.807, 2.05) is 6.92 Å². The van der Waals surface area contributed by atoms with Crippen LogP contribution in [0, 0.1) is 6.92 Å². The first-order valence-corrected chi connectivity index (χ1v) is 8.73. The molecular weight excluding hydrogens is 306 g/mol. The van der Waals surface area contributed by atoms with Crippen LogP contribution < -0.4 is 10.1 Å². The molecule has 0 saturated carbocycles. The zero-order chi connectivity index (χ0) is 15.0. The second kappa shape index (κ2) is 10.8. The molecule has 0 fully saturated rings. The van der Waals surface area contributed by atoms with Gasteiger partial charge in [0.25, 0.3) is 0 Å². The summed E-state index contributed by atoms with van der Waals surface area (Å²) in [7, 11) is 0.847. The highest BCUT2D eigenvalue weighted by Gasteiger charge is 2.13. The van der Waals surface area contributed by atoms with Crippen molar-refractivity contribution in [3.8, 4) is 5.75 Å². The third-order valence-corrected chi connectivity index (χ3v) is 3.91. The van der Waals surface area contributed by atoms with Gasteiger partial charge in [0.15, 0.2) is 11.6 Å². The van der Waals surface area contributed by atoms with Gasteiger partial charge in [-0.15, -0.1) is 0 Å². The summed E-state index contributed by atoms with van der Waals surface area (Å²) in [6, 6.07) is 0.266. The first-order valence-electron chi connectivity index (χ1n) is 7.01. The van der Waals surface area contributed by atoms with Gasteiger partial charge in [-0.25, -0.2) is 9.97 Å². The van der Waals surface area contributed by atoms with Crippen LogP contribution in [0.25, 0.3) is 0 Å². The Labute approximate surface area is 137 Å². The van der Waals surface area contributed by atoms with E-state index in [9.17, 15) is 4.21 Å². The number of nitrogens with zero attached hydrogens (tertiary/aromatic N) is 2. The molecule has 7 heteroatoms. The topological polar surface area (TPSA) is 64.1 Å². The average Bonchev–Trinajstić information content (AvgIpc) is 2.42. The van der Waals surface area contributed by atoms with E-state index >= 15 is 0 Å². The number of unbranched alkanes of at least 4 members (excludes halogenated alkanes) is 1. The van der Waals surface area contributed by atoms with Crippen molar-refractivity contribution in [2.75, 3.05) is 24.4 Å². The van der Waals surface area contributed by atoms with Crippen LogP contribution in [0.4, 0.5) is 5.82 Å². The van der Waals surface area contributed by atoms with Crippen LogP contribution in [-0.2, 0) is 10.8 Å². The predicted molar refractivity (Wildman–Crippen MR) is 94.2 cm³/mol. The molecule has 0 amide bonds. The summed E-state index contributed by atoms with van der Waals surface area (Å²) >= 11 is 0. The second-order valence-electron chi connectivity index (χ2n) is 4.88. The van der Waals surface area contributed by atoms with Crippen LogP contribution in [0.15, 0.2) is 6.20 Å². The van der Waals surface area contributed by atoms with Crippen LogP contribution in [0.1, 0.15) is 38.4 Å². The van der Waals surface area contributed by atoms with Crippen LogP contribution in [0.2, 0.25) is 0 Å². The number of nitrogens with one attached hydrogen (secondary N) is 1. The molecule has 0 aromatic carbocycles. The molecule has 1 heterocycles. The highest BCUT2D eigenvalue weighted by Crippen LogP contribution is 2.22. The molecule has 0 spiro atoms. The molecule has 122 valence electrons. The Morgan fingerprint density at radius 3 is 2.71 bits per heavy atom. The van der Waals surface area contributed by atoms with Gasteiger partial charge in [-0.2, -0.15) is 13.5 Å². The van der Waals surface area contributed by atoms with Crippen molar-refractivity contribution in [1.82, 2.24) is 9.97 Å². The van der Waals surface area contributed by atoms with Crippen molar-refractivity contribution < 1.29 is 8.95 Å². The maximum atomic E-state index is 11.3. The van der Waals surface area contributed by atoms with Crippen LogP contribution in [-0.4, -0.2) is 39.3 Å². The second-order valence-corrected chi connectivity index (χ2v) is 6.44. The summed E-state index contributed by atoms with van der Waals surface area (Å²) in [4.78, 5) is 8.53. The molecule has 0 aliphatic rings. The summed E-state index contributed by atoms with van der Waals surface area (Å²) in [6.45, 7) is 4.03. The maximum absolute atomic E-state index is 11.3. The predicted octanol–water partition coefficient (Wildman–Crippen LogP) is 2.65. The van der Waals surface area contributed by atoms with Crippen LogP contribution in [0.5, 0.6) is 5.75 Å². The molecule has 0 bridgehead atoms. The highest BCUT2D eigenvalue weighted by atomic mass is 32.2. The Balaban J connectivity index is 0.00000400. The number of methoxy groups -OCH3 is 1. The highest BCUT2D eigenvalue weighted by molar-refractivity contribution is 7.84. The van der Waals surface area contributed by atoms with Crippen molar-refractivity contribution in [1.29, 1.82) is 0 Å². The normalized spacial score (nSPS) is 13.1. The SMILES string of the molecule is CCCC[C@@H](CCS(C)=O)Nc1nc(C)ncc1OC.S. The molecule has 0 saturated heterocycles. The Hall–Kier alpha value is -0.820. The van der Waals surface area contributed by atoms with E-state index in [4.69, 9.17) is 4.74 Å². The fourth-order valence-corrected chi connectivity index (χ4v) is 2.57. The number of aromatic nitrogens is 2. The molecule has 2 atom stereocenters. The quantitative estimate of drug-likeness (QED) is 0.752. The first kappa shape index (κ1) is 20.2. The molecule has 1 aromatic rings. The van der Waals surface area contributed by atoms with Gasteiger partial charge in [0, 0.05) is 28.9 Å². The summed E-state index contributed by atoms with van der Waals surface area (Å²) in [6.07, 6.45) is 7.62. The van der Waals surface area contributed by atoms with Gasteiger partial charge in [-0.05, 0) is 19.8 Å². The van der Waals surface area contributed by atoms with Crippen molar-refractivity contribution >= 4 is 30.1 Å². The summed E-state index contributed by atoms with van der Waals surface area (Å²) in [5.74, 6) is 2.78. The monoisotopic (exact) mass is 333 g/mol. The van der Waals surface area contributed by atoms with Gasteiger partial charge in [0.05, 0.1) is 13.3 Å². The Kier molecular flexibility index (Phi) is 10.4. The minimum atomic E-state index is -0.765. The van der Waals surface area contributed by atoms with E-state index < -0.39 is 10.8 Å². The van der Waals surface area contributed by atoms with Gasteiger partial charge >= 0.3 is 0 Å². The lowest BCUT2D eigenvalue weighted by atomic mass is 10.1. The van der Waals surface area contributed by atoms with Gasteiger partial charge in [-0.1, -0.05) is 19.8 Å². The number of aryl methyl sites for hydroxylation is 1. The zero-order valence-corrected chi connectivity index (χ0v) is 15.1. The van der Waals surface area contributed by atoms with Gasteiger partial charge < -0.3 is 10.1 Å². The van der Waals surface area contributed by atoms with Crippen molar-refractivity contribution in [3.63, 3.8) is 0 Å². The molecule has 1 rings (SSSR count). The lowest BCUT2D eigenvalue weighted by Crippen LogP contribution is -2.23. The third-order valence-electron chi connectivity index (χ3n) is 3.10. The third kappa shape index (κ3) is 7.66. The van der Waals surface area contributed by atoms with Gasteiger partial charge in [-0.3, -0.25) is 4.21 Å². The Morgan fingerprint density at radius 1 is 1.43 bits per heavy atom. The van der Waals surface area contributed by atoms with Gasteiger partial charge in [0.1, 0.15) is 5.82 Å². The molecule has 0 radical (unpaired) electrons. The van der Waals surface area contributed by atoms with Crippen molar-refractivity contribution in [2.24, 2.45) is 0 Å². The molecule has 1 unspecified atom stereocenters. The molecule has 1 N–H and O–H groups in total. The maximum Gasteiger partial charge on any atom is 0.179 e. The Bertz CT molecular complexity index is 444. The van der Waals surface area contributed by atoms with E-state index in [0.29, 0.717) is 17.3 Å². The fraction of sp³-hybridized carbons (Fsp3) is 0.714. The molecule has 1 aromatic heterocycles. The molecular formula is C14H27N3O2S2. The van der Waals surface area contributed by atoms with E-state index in [1.165, 1.54) is 0 Å². The molecule has 0 aliphatic heterocycles. The van der Waals surface area contributed by atoms with Crippen LogP contribution in [0.3, 0.4) is 0 Å². The first-order chi connectivity index (χ1) is 9.56. The number of ether oxygens (including phenoxy) is 1. The van der Waals surface area contributed by atoms with Crippen LogP contribution >= 0.6 is 13.5 Å². The van der Waals surface area contributed by atoms with E-state index in [0.717, 1.165) is 31.5 Å².